The Morgan fingerprint density at radius 2 is 2.00 bits per heavy atom. The molecule has 0 rings (SSSR count). The summed E-state index contributed by atoms with van der Waals surface area (Å²) in [6.45, 7) is -0.590. The van der Waals surface area contributed by atoms with E-state index < -0.39 is 13.0 Å². The zero-order valence-corrected chi connectivity index (χ0v) is 4.44. The van der Waals surface area contributed by atoms with E-state index in [0.29, 0.717) is 6.29 Å². The van der Waals surface area contributed by atoms with Crippen LogP contribution in [0.2, 0.25) is 0 Å². The average molecular weight is 142 g/mol. The number of ether oxygens (including phenoxy) is 1. The second kappa shape index (κ2) is 3.45. The van der Waals surface area contributed by atoms with Crippen LogP contribution < -0.4 is 0 Å². The standard InChI is InChI=1S/C4H5F3O2/c5-4(6,7)9-3-1-2-8/h2H,1,3H2. The number of rotatable bonds is 3. The van der Waals surface area contributed by atoms with Crippen LogP contribution in [0.1, 0.15) is 6.42 Å². The third-order valence-corrected chi connectivity index (χ3v) is 0.501. The van der Waals surface area contributed by atoms with E-state index in [1.54, 1.807) is 0 Å². The Kier molecular flexibility index (Phi) is 3.22. The quantitative estimate of drug-likeness (QED) is 0.435. The monoisotopic (exact) mass is 142 g/mol. The van der Waals surface area contributed by atoms with Crippen LogP contribution in [0.15, 0.2) is 0 Å². The molecule has 0 aliphatic rings. The van der Waals surface area contributed by atoms with Gasteiger partial charge in [-0.1, -0.05) is 0 Å². The van der Waals surface area contributed by atoms with Gasteiger partial charge in [-0.25, -0.2) is 0 Å². The molecule has 9 heavy (non-hydrogen) atoms. The van der Waals surface area contributed by atoms with E-state index in [4.69, 9.17) is 0 Å². The van der Waals surface area contributed by atoms with Crippen molar-refractivity contribution in [2.24, 2.45) is 0 Å². The van der Waals surface area contributed by atoms with Crippen molar-refractivity contribution in [3.8, 4) is 0 Å². The van der Waals surface area contributed by atoms with E-state index in [2.05, 4.69) is 4.74 Å². The predicted octanol–water partition coefficient (Wildman–Crippen LogP) is 1.11. The average Bonchev–Trinajstić information content (AvgIpc) is 1.63. The van der Waals surface area contributed by atoms with Gasteiger partial charge in [-0.15, -0.1) is 13.2 Å². The molecule has 0 aliphatic heterocycles. The van der Waals surface area contributed by atoms with E-state index in [1.807, 2.05) is 0 Å². The van der Waals surface area contributed by atoms with Gasteiger partial charge in [-0.05, 0) is 0 Å². The van der Waals surface area contributed by atoms with Crippen molar-refractivity contribution in [2.75, 3.05) is 6.61 Å². The molecule has 5 heteroatoms. The summed E-state index contributed by atoms with van der Waals surface area (Å²) in [5, 5.41) is 0. The van der Waals surface area contributed by atoms with E-state index in [9.17, 15) is 18.0 Å². The lowest BCUT2D eigenvalue weighted by Crippen LogP contribution is -2.14. The third-order valence-electron chi connectivity index (χ3n) is 0.501. The van der Waals surface area contributed by atoms with Crippen LogP contribution in [0.3, 0.4) is 0 Å². The molecule has 0 saturated carbocycles. The van der Waals surface area contributed by atoms with Crippen molar-refractivity contribution in [3.63, 3.8) is 0 Å². The van der Waals surface area contributed by atoms with Crippen molar-refractivity contribution in [1.29, 1.82) is 0 Å². The van der Waals surface area contributed by atoms with Gasteiger partial charge >= 0.3 is 6.36 Å². The molecule has 54 valence electrons. The molecule has 0 saturated heterocycles. The molecule has 0 atom stereocenters. The Morgan fingerprint density at radius 3 is 2.33 bits per heavy atom. The summed E-state index contributed by atoms with van der Waals surface area (Å²) < 4.78 is 36.4. The molecule has 0 aliphatic carbocycles. The van der Waals surface area contributed by atoms with Gasteiger partial charge in [0.05, 0.1) is 6.61 Å². The number of hydrogen-bond acceptors (Lipinski definition) is 2. The maximum Gasteiger partial charge on any atom is 0.522 e. The van der Waals surface area contributed by atoms with Gasteiger partial charge in [0.2, 0.25) is 0 Å². The van der Waals surface area contributed by atoms with E-state index in [0.717, 1.165) is 0 Å². The molecule has 0 fully saturated rings. The van der Waals surface area contributed by atoms with Crippen molar-refractivity contribution in [2.45, 2.75) is 12.8 Å². The summed E-state index contributed by atoms with van der Waals surface area (Å²) in [7, 11) is 0. The predicted molar refractivity (Wildman–Crippen MR) is 22.7 cm³/mol. The van der Waals surface area contributed by atoms with Crippen LogP contribution in [-0.4, -0.2) is 19.3 Å². The minimum Gasteiger partial charge on any atom is -0.303 e. The molecule has 0 aromatic carbocycles. The van der Waals surface area contributed by atoms with E-state index in [1.165, 1.54) is 0 Å². The Morgan fingerprint density at radius 1 is 1.44 bits per heavy atom. The molecular weight excluding hydrogens is 137 g/mol. The van der Waals surface area contributed by atoms with Crippen LogP contribution in [-0.2, 0) is 9.53 Å². The van der Waals surface area contributed by atoms with Gasteiger partial charge in [0.25, 0.3) is 0 Å². The smallest absolute Gasteiger partial charge is 0.303 e. The summed E-state index contributed by atoms with van der Waals surface area (Å²) in [5.41, 5.74) is 0. The molecule has 0 bridgehead atoms. The second-order valence-corrected chi connectivity index (χ2v) is 1.25. The lowest BCUT2D eigenvalue weighted by molar-refractivity contribution is -0.323. The third kappa shape index (κ3) is 7.42. The molecule has 0 spiro atoms. The van der Waals surface area contributed by atoms with Gasteiger partial charge in [-0.2, -0.15) is 0 Å². The summed E-state index contributed by atoms with van der Waals surface area (Å²) in [6.07, 6.45) is -4.46. The fourth-order valence-electron chi connectivity index (χ4n) is 0.223. The molecule has 0 heterocycles. The van der Waals surface area contributed by atoms with E-state index >= 15 is 0 Å². The first kappa shape index (κ1) is 8.42. The largest absolute Gasteiger partial charge is 0.522 e. The molecule has 0 amide bonds. The number of halogens is 3. The van der Waals surface area contributed by atoms with Gasteiger partial charge in [0, 0.05) is 6.42 Å². The topological polar surface area (TPSA) is 26.3 Å². The SMILES string of the molecule is O=CCCOC(F)(F)F. The van der Waals surface area contributed by atoms with Crippen LogP contribution in [0.25, 0.3) is 0 Å². The maximum atomic E-state index is 11.0. The molecule has 0 aromatic heterocycles. The first-order valence-electron chi connectivity index (χ1n) is 2.20. The van der Waals surface area contributed by atoms with Crippen molar-refractivity contribution in [3.05, 3.63) is 0 Å². The summed E-state index contributed by atoms with van der Waals surface area (Å²) in [5.74, 6) is 0. The van der Waals surface area contributed by atoms with Crippen molar-refractivity contribution < 1.29 is 22.7 Å². The first-order chi connectivity index (χ1) is 4.06. The fraction of sp³-hybridized carbons (Fsp3) is 0.750. The van der Waals surface area contributed by atoms with Crippen LogP contribution in [0.4, 0.5) is 13.2 Å². The Hall–Kier alpha value is -0.580. The molecule has 0 N–H and O–H groups in total. The zero-order chi connectivity index (χ0) is 7.33. The highest BCUT2D eigenvalue weighted by Gasteiger charge is 2.28. The lowest BCUT2D eigenvalue weighted by Gasteiger charge is -2.03. The minimum absolute atomic E-state index is 0.223. The minimum atomic E-state index is -4.61. The molecule has 0 unspecified atom stereocenters. The zero-order valence-electron chi connectivity index (χ0n) is 4.44. The maximum absolute atomic E-state index is 11.0. The molecule has 0 radical (unpaired) electrons. The second-order valence-electron chi connectivity index (χ2n) is 1.25. The van der Waals surface area contributed by atoms with Gasteiger partial charge < -0.3 is 4.79 Å². The molecular formula is C4H5F3O2. The normalized spacial score (nSPS) is 11.4. The highest BCUT2D eigenvalue weighted by molar-refractivity contribution is 5.49. The highest BCUT2D eigenvalue weighted by Crippen LogP contribution is 2.15. The number of carbonyl (C=O) groups is 1. The summed E-state index contributed by atoms with van der Waals surface area (Å²) in [4.78, 5) is 9.44. The fourth-order valence-corrected chi connectivity index (χ4v) is 0.223. The van der Waals surface area contributed by atoms with Gasteiger partial charge in [0.1, 0.15) is 6.29 Å². The number of carbonyl (C=O) groups excluding carboxylic acids is 1. The highest BCUT2D eigenvalue weighted by atomic mass is 19.4. The van der Waals surface area contributed by atoms with Gasteiger partial charge in [0.15, 0.2) is 0 Å². The van der Waals surface area contributed by atoms with Crippen molar-refractivity contribution in [1.82, 2.24) is 0 Å². The van der Waals surface area contributed by atoms with Gasteiger partial charge in [-0.3, -0.25) is 4.74 Å². The van der Waals surface area contributed by atoms with Crippen molar-refractivity contribution >= 4 is 6.29 Å². The Balaban J connectivity index is 3.17. The summed E-state index contributed by atoms with van der Waals surface area (Å²) in [6, 6.07) is 0. The molecule has 0 aromatic rings. The molecule has 2 nitrogen and oxygen atoms in total. The number of hydrogen-bond donors (Lipinski definition) is 0. The number of alkyl halides is 3. The number of aldehydes is 1. The van der Waals surface area contributed by atoms with Crippen LogP contribution >= 0.6 is 0 Å². The van der Waals surface area contributed by atoms with Crippen LogP contribution in [0.5, 0.6) is 0 Å². The Bertz CT molecular complexity index is 88.3. The first-order valence-corrected chi connectivity index (χ1v) is 2.20. The Labute approximate surface area is 49.6 Å². The van der Waals surface area contributed by atoms with Crippen LogP contribution in [0, 0.1) is 0 Å². The lowest BCUT2D eigenvalue weighted by atomic mass is 10.5. The van der Waals surface area contributed by atoms with E-state index in [-0.39, 0.29) is 6.42 Å². The summed E-state index contributed by atoms with van der Waals surface area (Å²) >= 11 is 0.